The maximum absolute atomic E-state index is 11.7. The number of ether oxygens (including phenoxy) is 2. The van der Waals surface area contributed by atoms with Crippen LogP contribution in [0.2, 0.25) is 0 Å². The predicted octanol–water partition coefficient (Wildman–Crippen LogP) is 4.07. The Balaban J connectivity index is 1.95. The topological polar surface area (TPSA) is 72.3 Å². The molecule has 118 valence electrons. The molecule has 0 amide bonds. The number of nitrogens with one attached hydrogen (secondary N) is 1. The van der Waals surface area contributed by atoms with Crippen LogP contribution in [0.15, 0.2) is 59.6 Å². The largest absolute Gasteiger partial charge is 0.497 e. The summed E-state index contributed by atoms with van der Waals surface area (Å²) in [5, 5.41) is 0.872. The predicted molar refractivity (Wildman–Crippen MR) is 89.9 cm³/mol. The van der Waals surface area contributed by atoms with Gasteiger partial charge in [0.25, 0.3) is 0 Å². The number of pyridine rings is 1. The Labute approximate surface area is 134 Å². The zero-order valence-electron chi connectivity index (χ0n) is 12.8. The first-order chi connectivity index (χ1) is 11.0. The Kier molecular flexibility index (Phi) is 3.92. The third-order valence-corrected chi connectivity index (χ3v) is 4.58. The van der Waals surface area contributed by atoms with Crippen LogP contribution >= 0.6 is 0 Å². The van der Waals surface area contributed by atoms with Crippen LogP contribution in [0, 0.1) is 4.78 Å². The smallest absolute Gasteiger partial charge is 0.138 e. The van der Waals surface area contributed by atoms with Crippen molar-refractivity contribution in [3.8, 4) is 17.2 Å². The second kappa shape index (κ2) is 5.89. The van der Waals surface area contributed by atoms with Crippen molar-refractivity contribution in [2.45, 2.75) is 4.90 Å². The molecule has 1 atom stereocenters. The number of nitrogens with zero attached hydrogens (tertiary/aromatic N) is 1. The van der Waals surface area contributed by atoms with Gasteiger partial charge in [0.05, 0.1) is 22.4 Å². The number of benzene rings is 2. The molecule has 2 aromatic carbocycles. The molecule has 0 aliphatic heterocycles. The molecule has 3 aromatic rings. The fourth-order valence-corrected chi connectivity index (χ4v) is 2.87. The summed E-state index contributed by atoms with van der Waals surface area (Å²) in [7, 11) is -1.10. The van der Waals surface area contributed by atoms with Gasteiger partial charge in [-0.3, -0.25) is 4.98 Å². The van der Waals surface area contributed by atoms with E-state index >= 15 is 0 Å². The van der Waals surface area contributed by atoms with E-state index in [4.69, 9.17) is 14.3 Å². The van der Waals surface area contributed by atoms with Crippen molar-refractivity contribution in [2.75, 3.05) is 13.4 Å². The van der Waals surface area contributed by atoms with Gasteiger partial charge in [-0.2, -0.15) is 0 Å². The zero-order valence-corrected chi connectivity index (χ0v) is 13.6. The SMILES string of the molecule is COc1ccc2c(Oc3ccc([S@](C)(=N)=O)cc3)ccnc2c1. The molecule has 0 bridgehead atoms. The molecule has 0 radical (unpaired) electrons. The van der Waals surface area contributed by atoms with Crippen molar-refractivity contribution >= 4 is 20.6 Å². The molecule has 5 nitrogen and oxygen atoms in total. The highest BCUT2D eigenvalue weighted by atomic mass is 32.2. The molecule has 0 fully saturated rings. The van der Waals surface area contributed by atoms with Gasteiger partial charge in [-0.15, -0.1) is 0 Å². The molecule has 0 aliphatic carbocycles. The molecule has 6 heteroatoms. The standard InChI is InChI=1S/C17H16N2O3S/c1-21-13-5-8-15-16(11-13)19-10-9-17(15)22-12-3-6-14(7-4-12)23(2,18)20/h3-11,18H,1-2H3/t23-/m1/s1. The van der Waals surface area contributed by atoms with Crippen LogP contribution in [-0.4, -0.2) is 22.6 Å². The maximum Gasteiger partial charge on any atom is 0.138 e. The van der Waals surface area contributed by atoms with Gasteiger partial charge in [-0.25, -0.2) is 8.99 Å². The lowest BCUT2D eigenvalue weighted by atomic mass is 10.2. The normalized spacial score (nSPS) is 13.5. The third kappa shape index (κ3) is 3.27. The Morgan fingerprint density at radius 3 is 2.39 bits per heavy atom. The first-order valence-corrected chi connectivity index (χ1v) is 8.88. The molecule has 23 heavy (non-hydrogen) atoms. The van der Waals surface area contributed by atoms with Gasteiger partial charge >= 0.3 is 0 Å². The highest BCUT2D eigenvalue weighted by Crippen LogP contribution is 2.31. The highest BCUT2D eigenvalue weighted by Gasteiger charge is 2.07. The van der Waals surface area contributed by atoms with E-state index in [2.05, 4.69) is 4.98 Å². The first-order valence-electron chi connectivity index (χ1n) is 6.92. The van der Waals surface area contributed by atoms with E-state index in [1.165, 1.54) is 6.26 Å². The summed E-state index contributed by atoms with van der Waals surface area (Å²) < 4.78 is 30.4. The molecule has 0 saturated heterocycles. The lowest BCUT2D eigenvalue weighted by molar-refractivity contribution is 0.415. The van der Waals surface area contributed by atoms with Gasteiger partial charge in [0.1, 0.15) is 17.2 Å². The highest BCUT2D eigenvalue weighted by molar-refractivity contribution is 7.91. The van der Waals surface area contributed by atoms with E-state index in [9.17, 15) is 4.21 Å². The summed E-state index contributed by atoms with van der Waals surface area (Å²) in [6, 6.07) is 14.1. The summed E-state index contributed by atoms with van der Waals surface area (Å²) in [6.07, 6.45) is 3.07. The number of hydrogen-bond acceptors (Lipinski definition) is 5. The van der Waals surface area contributed by atoms with E-state index in [-0.39, 0.29) is 0 Å². The average molecular weight is 328 g/mol. The van der Waals surface area contributed by atoms with Crippen LogP contribution < -0.4 is 9.47 Å². The van der Waals surface area contributed by atoms with Crippen LogP contribution in [0.3, 0.4) is 0 Å². The molecule has 1 aromatic heterocycles. The summed E-state index contributed by atoms with van der Waals surface area (Å²) in [4.78, 5) is 4.80. The van der Waals surface area contributed by atoms with Crippen LogP contribution in [0.25, 0.3) is 10.9 Å². The first kappa shape index (κ1) is 15.3. The second-order valence-electron chi connectivity index (χ2n) is 5.11. The lowest BCUT2D eigenvalue weighted by Gasteiger charge is -2.10. The van der Waals surface area contributed by atoms with Gasteiger partial charge in [-0.1, -0.05) is 0 Å². The fourth-order valence-electron chi connectivity index (χ4n) is 2.21. The summed E-state index contributed by atoms with van der Waals surface area (Å²) in [5.74, 6) is 2.02. The molecule has 0 spiro atoms. The van der Waals surface area contributed by atoms with Crippen LogP contribution in [0.5, 0.6) is 17.2 Å². The summed E-state index contributed by atoms with van der Waals surface area (Å²) in [6.45, 7) is 0. The van der Waals surface area contributed by atoms with E-state index < -0.39 is 9.73 Å². The second-order valence-corrected chi connectivity index (χ2v) is 7.27. The zero-order chi connectivity index (χ0) is 16.4. The Morgan fingerprint density at radius 1 is 1.04 bits per heavy atom. The molecule has 1 heterocycles. The minimum Gasteiger partial charge on any atom is -0.497 e. The number of rotatable bonds is 4. The van der Waals surface area contributed by atoms with Crippen molar-refractivity contribution in [2.24, 2.45) is 0 Å². The van der Waals surface area contributed by atoms with Crippen molar-refractivity contribution in [3.63, 3.8) is 0 Å². The molecule has 3 rings (SSSR count). The number of hydrogen-bond donors (Lipinski definition) is 1. The molecule has 1 N–H and O–H groups in total. The van der Waals surface area contributed by atoms with Crippen molar-refractivity contribution < 1.29 is 13.7 Å². The number of fused-ring (bicyclic) bond motifs is 1. The third-order valence-electron chi connectivity index (χ3n) is 3.41. The Morgan fingerprint density at radius 2 is 1.74 bits per heavy atom. The van der Waals surface area contributed by atoms with Crippen molar-refractivity contribution in [1.82, 2.24) is 4.98 Å². The Hall–Kier alpha value is -2.60. The number of aromatic nitrogens is 1. The van der Waals surface area contributed by atoms with Gasteiger partial charge in [0, 0.05) is 28.8 Å². The van der Waals surface area contributed by atoms with Gasteiger partial charge in [0.15, 0.2) is 0 Å². The monoisotopic (exact) mass is 328 g/mol. The minimum absolute atomic E-state index is 0.481. The quantitative estimate of drug-likeness (QED) is 0.783. The fraction of sp³-hybridized carbons (Fsp3) is 0.118. The minimum atomic E-state index is -2.71. The molecule has 0 aliphatic rings. The van der Waals surface area contributed by atoms with E-state index in [0.717, 1.165) is 16.7 Å². The van der Waals surface area contributed by atoms with Gasteiger partial charge in [-0.05, 0) is 42.5 Å². The van der Waals surface area contributed by atoms with E-state index in [1.807, 2.05) is 18.2 Å². The van der Waals surface area contributed by atoms with E-state index in [1.54, 1.807) is 43.6 Å². The van der Waals surface area contributed by atoms with Gasteiger partial charge < -0.3 is 9.47 Å². The molecule has 0 saturated carbocycles. The van der Waals surface area contributed by atoms with Crippen molar-refractivity contribution in [1.29, 1.82) is 4.78 Å². The summed E-state index contributed by atoms with van der Waals surface area (Å²) in [5.41, 5.74) is 0.779. The maximum atomic E-state index is 11.7. The van der Waals surface area contributed by atoms with Crippen LogP contribution in [-0.2, 0) is 9.73 Å². The number of methoxy groups -OCH3 is 1. The molecule has 0 unspecified atom stereocenters. The van der Waals surface area contributed by atoms with Crippen LogP contribution in [0.4, 0.5) is 0 Å². The van der Waals surface area contributed by atoms with Gasteiger partial charge in [0.2, 0.25) is 0 Å². The lowest BCUT2D eigenvalue weighted by Crippen LogP contribution is -1.94. The van der Waals surface area contributed by atoms with Crippen LogP contribution in [0.1, 0.15) is 0 Å². The molecular formula is C17H16N2O3S. The Bertz CT molecular complexity index is 951. The summed E-state index contributed by atoms with van der Waals surface area (Å²) >= 11 is 0. The van der Waals surface area contributed by atoms with E-state index in [0.29, 0.717) is 16.4 Å². The molecular weight excluding hydrogens is 312 g/mol. The van der Waals surface area contributed by atoms with Crippen molar-refractivity contribution in [3.05, 3.63) is 54.7 Å². The average Bonchev–Trinajstić information content (AvgIpc) is 2.54.